The highest BCUT2D eigenvalue weighted by atomic mass is 32.2. The number of halogens is 2. The molecule has 1 aromatic carbocycles. The summed E-state index contributed by atoms with van der Waals surface area (Å²) in [5.41, 5.74) is 4.06. The minimum absolute atomic E-state index is 0.199. The Hall–Kier alpha value is -1.25. The number of nitrogens with two attached hydrogens (primary N) is 1. The van der Waals surface area contributed by atoms with Crippen LogP contribution in [0.2, 0.25) is 0 Å². The van der Waals surface area contributed by atoms with Crippen LogP contribution < -0.4 is 10.5 Å². The van der Waals surface area contributed by atoms with Crippen molar-refractivity contribution >= 4 is 15.7 Å². The van der Waals surface area contributed by atoms with E-state index in [1.165, 1.54) is 0 Å². The van der Waals surface area contributed by atoms with Crippen LogP contribution in [0.1, 0.15) is 19.8 Å². The van der Waals surface area contributed by atoms with E-state index in [2.05, 4.69) is 4.72 Å². The Morgan fingerprint density at radius 2 is 2.05 bits per heavy atom. The van der Waals surface area contributed by atoms with E-state index < -0.39 is 37.8 Å². The van der Waals surface area contributed by atoms with Crippen LogP contribution in [0.5, 0.6) is 0 Å². The van der Waals surface area contributed by atoms with Crippen molar-refractivity contribution in [1.82, 2.24) is 4.72 Å². The number of nitrogen functional groups attached to an aromatic ring is 1. The average Bonchev–Trinajstić information content (AvgIpc) is 2.33. The van der Waals surface area contributed by atoms with E-state index in [-0.39, 0.29) is 6.61 Å². The van der Waals surface area contributed by atoms with Crippen molar-refractivity contribution in [1.29, 1.82) is 0 Å². The SMILES string of the molecule is CC1(NS(=O)(=O)c2cc(N)c(F)cc2F)CCCOC1. The van der Waals surface area contributed by atoms with Crippen LogP contribution in [0.4, 0.5) is 14.5 Å². The lowest BCUT2D eigenvalue weighted by atomic mass is 9.97. The van der Waals surface area contributed by atoms with Gasteiger partial charge in [0.05, 0.1) is 17.8 Å². The zero-order valence-electron chi connectivity index (χ0n) is 10.9. The third-order valence-electron chi connectivity index (χ3n) is 3.16. The Kier molecular flexibility index (Phi) is 3.99. The molecule has 1 aliphatic rings. The van der Waals surface area contributed by atoms with Crippen LogP contribution in [0, 0.1) is 11.6 Å². The molecule has 0 spiro atoms. The van der Waals surface area contributed by atoms with Gasteiger partial charge in [0.25, 0.3) is 0 Å². The van der Waals surface area contributed by atoms with E-state index in [4.69, 9.17) is 10.5 Å². The quantitative estimate of drug-likeness (QED) is 0.827. The van der Waals surface area contributed by atoms with Gasteiger partial charge < -0.3 is 10.5 Å². The van der Waals surface area contributed by atoms with Gasteiger partial charge >= 0.3 is 0 Å². The lowest BCUT2D eigenvalue weighted by Crippen LogP contribution is -2.51. The summed E-state index contributed by atoms with van der Waals surface area (Å²) in [6.07, 6.45) is 1.28. The third-order valence-corrected chi connectivity index (χ3v) is 4.81. The lowest BCUT2D eigenvalue weighted by Gasteiger charge is -2.33. The topological polar surface area (TPSA) is 81.4 Å². The number of nitrogens with one attached hydrogen (secondary N) is 1. The number of hydrogen-bond donors (Lipinski definition) is 2. The predicted molar refractivity (Wildman–Crippen MR) is 69.5 cm³/mol. The van der Waals surface area contributed by atoms with Crippen LogP contribution in [0.15, 0.2) is 17.0 Å². The number of anilines is 1. The van der Waals surface area contributed by atoms with Gasteiger partial charge in [-0.1, -0.05) is 0 Å². The van der Waals surface area contributed by atoms with Gasteiger partial charge in [0.2, 0.25) is 10.0 Å². The van der Waals surface area contributed by atoms with Gasteiger partial charge in [-0.15, -0.1) is 0 Å². The smallest absolute Gasteiger partial charge is 0.244 e. The molecule has 0 aromatic heterocycles. The first kappa shape index (κ1) is 15.1. The molecule has 0 aliphatic carbocycles. The molecule has 1 unspecified atom stereocenters. The summed E-state index contributed by atoms with van der Waals surface area (Å²) in [6, 6.07) is 1.24. The van der Waals surface area contributed by atoms with E-state index in [9.17, 15) is 17.2 Å². The van der Waals surface area contributed by atoms with Crippen molar-refractivity contribution in [3.63, 3.8) is 0 Å². The van der Waals surface area contributed by atoms with Crippen molar-refractivity contribution in [2.24, 2.45) is 0 Å². The molecule has 0 saturated carbocycles. The van der Waals surface area contributed by atoms with Gasteiger partial charge in [0.15, 0.2) is 0 Å². The molecule has 8 heteroatoms. The van der Waals surface area contributed by atoms with Gasteiger partial charge in [0, 0.05) is 12.7 Å². The molecule has 0 bridgehead atoms. The molecular weight excluding hydrogens is 290 g/mol. The van der Waals surface area contributed by atoms with Gasteiger partial charge in [0.1, 0.15) is 16.5 Å². The summed E-state index contributed by atoms with van der Waals surface area (Å²) in [6.45, 7) is 2.44. The predicted octanol–water partition coefficient (Wildman–Crippen LogP) is 1.39. The van der Waals surface area contributed by atoms with E-state index in [0.717, 1.165) is 6.07 Å². The monoisotopic (exact) mass is 306 g/mol. The van der Waals surface area contributed by atoms with Crippen molar-refractivity contribution < 1.29 is 21.9 Å². The summed E-state index contributed by atoms with van der Waals surface area (Å²) in [5.74, 6) is -2.17. The maximum absolute atomic E-state index is 13.7. The first-order chi connectivity index (χ1) is 9.23. The van der Waals surface area contributed by atoms with Gasteiger partial charge in [-0.25, -0.2) is 21.9 Å². The Bertz CT molecular complexity index is 613. The maximum Gasteiger partial charge on any atom is 0.244 e. The summed E-state index contributed by atoms with van der Waals surface area (Å²) in [4.78, 5) is -0.664. The number of sulfonamides is 1. The molecule has 1 aliphatic heterocycles. The van der Waals surface area contributed by atoms with Crippen LogP contribution in [-0.4, -0.2) is 27.2 Å². The molecule has 1 aromatic rings. The first-order valence-electron chi connectivity index (χ1n) is 6.10. The Labute approximate surface area is 116 Å². The molecule has 1 fully saturated rings. The van der Waals surface area contributed by atoms with Crippen LogP contribution in [0.3, 0.4) is 0 Å². The second kappa shape index (κ2) is 5.27. The Morgan fingerprint density at radius 3 is 2.65 bits per heavy atom. The van der Waals surface area contributed by atoms with E-state index in [0.29, 0.717) is 25.5 Å². The minimum atomic E-state index is -4.14. The summed E-state index contributed by atoms with van der Waals surface area (Å²) < 4.78 is 58.8. The normalized spacial score (nSPS) is 23.8. The standard InChI is InChI=1S/C12H16F2N2O3S/c1-12(3-2-4-19-7-12)16-20(17,18)11-6-10(15)8(13)5-9(11)14/h5-6,16H,2-4,7,15H2,1H3. The largest absolute Gasteiger partial charge is 0.396 e. The Morgan fingerprint density at radius 1 is 1.35 bits per heavy atom. The molecule has 20 heavy (non-hydrogen) atoms. The molecule has 1 saturated heterocycles. The van der Waals surface area contributed by atoms with Crippen LogP contribution in [-0.2, 0) is 14.8 Å². The fraction of sp³-hybridized carbons (Fsp3) is 0.500. The number of benzene rings is 1. The van der Waals surface area contributed by atoms with Crippen molar-refractivity contribution in [2.75, 3.05) is 18.9 Å². The molecular formula is C12H16F2N2O3S. The second-order valence-corrected chi connectivity index (χ2v) is 6.78. The number of hydrogen-bond acceptors (Lipinski definition) is 4. The zero-order valence-corrected chi connectivity index (χ0v) is 11.8. The van der Waals surface area contributed by atoms with E-state index >= 15 is 0 Å². The highest BCUT2D eigenvalue weighted by Gasteiger charge is 2.34. The highest BCUT2D eigenvalue weighted by molar-refractivity contribution is 7.89. The summed E-state index contributed by atoms with van der Waals surface area (Å²) in [7, 11) is -4.14. The molecule has 5 nitrogen and oxygen atoms in total. The van der Waals surface area contributed by atoms with Crippen molar-refractivity contribution in [3.8, 4) is 0 Å². The molecule has 1 heterocycles. The summed E-state index contributed by atoms with van der Waals surface area (Å²) in [5, 5.41) is 0. The van der Waals surface area contributed by atoms with Crippen LogP contribution in [0.25, 0.3) is 0 Å². The van der Waals surface area contributed by atoms with Crippen LogP contribution >= 0.6 is 0 Å². The average molecular weight is 306 g/mol. The molecule has 0 radical (unpaired) electrons. The van der Waals surface area contributed by atoms with E-state index in [1.54, 1.807) is 6.92 Å². The number of ether oxygens (including phenoxy) is 1. The number of rotatable bonds is 3. The summed E-state index contributed by atoms with van der Waals surface area (Å²) >= 11 is 0. The van der Waals surface area contributed by atoms with E-state index in [1.807, 2.05) is 0 Å². The second-order valence-electron chi connectivity index (χ2n) is 5.13. The molecule has 1 atom stereocenters. The Balaban J connectivity index is 2.33. The third kappa shape index (κ3) is 3.08. The highest BCUT2D eigenvalue weighted by Crippen LogP contribution is 2.25. The minimum Gasteiger partial charge on any atom is -0.396 e. The first-order valence-corrected chi connectivity index (χ1v) is 7.58. The molecule has 0 amide bonds. The van der Waals surface area contributed by atoms with Gasteiger partial charge in [-0.3, -0.25) is 0 Å². The van der Waals surface area contributed by atoms with Gasteiger partial charge in [-0.05, 0) is 25.8 Å². The maximum atomic E-state index is 13.7. The van der Waals surface area contributed by atoms with Crippen molar-refractivity contribution in [3.05, 3.63) is 23.8 Å². The lowest BCUT2D eigenvalue weighted by molar-refractivity contribution is 0.0386. The fourth-order valence-electron chi connectivity index (χ4n) is 2.14. The van der Waals surface area contributed by atoms with Gasteiger partial charge in [-0.2, -0.15) is 0 Å². The fourth-order valence-corrected chi connectivity index (χ4v) is 3.66. The molecule has 2 rings (SSSR count). The van der Waals surface area contributed by atoms with Crippen molar-refractivity contribution in [2.45, 2.75) is 30.2 Å². The molecule has 112 valence electrons. The molecule has 3 N–H and O–H groups in total. The zero-order chi connectivity index (χ0) is 15.0.